The Kier molecular flexibility index (Phi) is 3.68. The number of amidine groups is 1. The van der Waals surface area contributed by atoms with E-state index in [0.717, 1.165) is 5.82 Å². The minimum atomic E-state index is 0.240. The lowest BCUT2D eigenvalue weighted by molar-refractivity contribution is 0.317. The van der Waals surface area contributed by atoms with E-state index in [1.54, 1.807) is 6.20 Å². The Morgan fingerprint density at radius 2 is 2.35 bits per heavy atom. The van der Waals surface area contributed by atoms with Crippen LogP contribution in [0, 0.1) is 0 Å². The predicted molar refractivity (Wildman–Crippen MR) is 67.6 cm³/mol. The topological polar surface area (TPSA) is 74.7 Å². The van der Waals surface area contributed by atoms with Crippen LogP contribution < -0.4 is 10.6 Å². The molecule has 0 saturated heterocycles. The fourth-order valence-corrected chi connectivity index (χ4v) is 1.81. The molecule has 1 aromatic heterocycles. The van der Waals surface area contributed by atoms with Gasteiger partial charge in [0.05, 0.1) is 5.02 Å². The van der Waals surface area contributed by atoms with Crippen molar-refractivity contribution in [2.45, 2.75) is 25.3 Å². The van der Waals surface area contributed by atoms with Crippen molar-refractivity contribution < 1.29 is 5.21 Å². The second-order valence-corrected chi connectivity index (χ2v) is 4.54. The van der Waals surface area contributed by atoms with Crippen molar-refractivity contribution in [1.29, 1.82) is 0 Å². The number of rotatable bonds is 5. The van der Waals surface area contributed by atoms with Crippen LogP contribution in [0.5, 0.6) is 0 Å². The lowest BCUT2D eigenvalue weighted by Crippen LogP contribution is -2.30. The Hall–Kier alpha value is -1.49. The molecule has 0 amide bonds. The molecule has 1 saturated carbocycles. The number of oxime groups is 1. The van der Waals surface area contributed by atoms with Gasteiger partial charge in [-0.2, -0.15) is 0 Å². The van der Waals surface area contributed by atoms with E-state index in [9.17, 15) is 0 Å². The molecule has 3 N–H and O–H groups in total. The van der Waals surface area contributed by atoms with Crippen molar-refractivity contribution in [2.75, 3.05) is 11.4 Å². The SMILES string of the molecule is NC(CCN(c1ccc(Cl)cn1)C1CC1)=NO. The summed E-state index contributed by atoms with van der Waals surface area (Å²) in [6.45, 7) is 0.704. The smallest absolute Gasteiger partial charge is 0.140 e. The van der Waals surface area contributed by atoms with Crippen LogP contribution >= 0.6 is 11.6 Å². The summed E-state index contributed by atoms with van der Waals surface area (Å²) in [4.78, 5) is 6.47. The number of hydrogen-bond acceptors (Lipinski definition) is 4. The van der Waals surface area contributed by atoms with E-state index in [0.29, 0.717) is 24.0 Å². The first-order valence-corrected chi connectivity index (χ1v) is 5.93. The highest BCUT2D eigenvalue weighted by molar-refractivity contribution is 6.30. The Bertz CT molecular complexity index is 402. The van der Waals surface area contributed by atoms with Crippen LogP contribution in [0.3, 0.4) is 0 Å². The molecule has 0 radical (unpaired) electrons. The average Bonchev–Trinajstić information content (AvgIpc) is 3.15. The Morgan fingerprint density at radius 1 is 1.59 bits per heavy atom. The molecule has 2 rings (SSSR count). The molecule has 1 heterocycles. The highest BCUT2D eigenvalue weighted by Gasteiger charge is 2.29. The van der Waals surface area contributed by atoms with E-state index in [1.165, 1.54) is 12.8 Å². The summed E-state index contributed by atoms with van der Waals surface area (Å²) in [5.74, 6) is 1.13. The zero-order valence-electron chi connectivity index (χ0n) is 9.38. The third kappa shape index (κ3) is 3.23. The van der Waals surface area contributed by atoms with Gasteiger partial charge in [0.1, 0.15) is 11.7 Å². The van der Waals surface area contributed by atoms with Gasteiger partial charge in [-0.15, -0.1) is 0 Å². The van der Waals surface area contributed by atoms with Gasteiger partial charge in [0.25, 0.3) is 0 Å². The number of aromatic nitrogens is 1. The summed E-state index contributed by atoms with van der Waals surface area (Å²) in [5.41, 5.74) is 5.48. The quantitative estimate of drug-likeness (QED) is 0.364. The standard InChI is InChI=1S/C11H15ClN4O/c12-8-1-4-11(14-7-8)16(9-2-3-9)6-5-10(13)15-17/h1,4,7,9,17H,2-3,5-6H2,(H2,13,15). The number of pyridine rings is 1. The predicted octanol–water partition coefficient (Wildman–Crippen LogP) is 1.84. The molecule has 0 bridgehead atoms. The van der Waals surface area contributed by atoms with E-state index >= 15 is 0 Å². The number of nitrogens with two attached hydrogens (primary N) is 1. The van der Waals surface area contributed by atoms with Gasteiger partial charge in [-0.05, 0) is 25.0 Å². The molecule has 5 nitrogen and oxygen atoms in total. The van der Waals surface area contributed by atoms with Gasteiger partial charge in [0.15, 0.2) is 0 Å². The Morgan fingerprint density at radius 3 is 2.88 bits per heavy atom. The van der Waals surface area contributed by atoms with Crippen molar-refractivity contribution >= 4 is 23.3 Å². The molecule has 1 fully saturated rings. The van der Waals surface area contributed by atoms with Gasteiger partial charge in [-0.3, -0.25) is 0 Å². The van der Waals surface area contributed by atoms with Gasteiger partial charge in [-0.1, -0.05) is 16.8 Å². The summed E-state index contributed by atoms with van der Waals surface area (Å²) < 4.78 is 0. The molecule has 0 unspecified atom stereocenters. The molecular formula is C11H15ClN4O. The van der Waals surface area contributed by atoms with Gasteiger partial charge >= 0.3 is 0 Å². The van der Waals surface area contributed by atoms with Crippen LogP contribution in [-0.4, -0.2) is 28.6 Å². The lowest BCUT2D eigenvalue weighted by atomic mass is 10.3. The van der Waals surface area contributed by atoms with Crippen LogP contribution in [0.1, 0.15) is 19.3 Å². The number of halogens is 1. The summed E-state index contributed by atoms with van der Waals surface area (Å²) in [6.07, 6.45) is 4.49. The molecule has 1 aliphatic rings. The van der Waals surface area contributed by atoms with E-state index in [-0.39, 0.29) is 5.84 Å². The monoisotopic (exact) mass is 254 g/mol. The maximum Gasteiger partial charge on any atom is 0.140 e. The largest absolute Gasteiger partial charge is 0.409 e. The zero-order chi connectivity index (χ0) is 12.3. The molecule has 1 aromatic rings. The second-order valence-electron chi connectivity index (χ2n) is 4.10. The number of anilines is 1. The maximum absolute atomic E-state index is 8.52. The van der Waals surface area contributed by atoms with Crippen molar-refractivity contribution in [1.82, 2.24) is 4.98 Å². The summed E-state index contributed by atoms with van der Waals surface area (Å²) in [6, 6.07) is 4.24. The molecule has 17 heavy (non-hydrogen) atoms. The first-order valence-electron chi connectivity index (χ1n) is 5.55. The van der Waals surface area contributed by atoms with Gasteiger partial charge < -0.3 is 15.8 Å². The highest BCUT2D eigenvalue weighted by atomic mass is 35.5. The van der Waals surface area contributed by atoms with E-state index < -0.39 is 0 Å². The molecule has 1 aliphatic carbocycles. The molecule has 0 aliphatic heterocycles. The third-order valence-corrected chi connectivity index (χ3v) is 2.95. The van der Waals surface area contributed by atoms with Gasteiger partial charge in [0, 0.05) is 25.2 Å². The highest BCUT2D eigenvalue weighted by Crippen LogP contribution is 2.30. The molecule has 0 atom stereocenters. The Labute approximate surface area is 105 Å². The van der Waals surface area contributed by atoms with Crippen LogP contribution in [0.4, 0.5) is 5.82 Å². The average molecular weight is 255 g/mol. The second kappa shape index (κ2) is 5.23. The summed E-state index contributed by atoms with van der Waals surface area (Å²) in [7, 11) is 0. The minimum absolute atomic E-state index is 0.240. The summed E-state index contributed by atoms with van der Waals surface area (Å²) in [5, 5.41) is 12.1. The number of hydrogen-bond donors (Lipinski definition) is 2. The van der Waals surface area contributed by atoms with E-state index in [2.05, 4.69) is 15.0 Å². The van der Waals surface area contributed by atoms with Crippen LogP contribution in [-0.2, 0) is 0 Å². The van der Waals surface area contributed by atoms with Crippen molar-refractivity contribution in [3.8, 4) is 0 Å². The maximum atomic E-state index is 8.52. The first-order chi connectivity index (χ1) is 8.20. The normalized spacial score (nSPS) is 15.9. The molecule has 6 heteroatoms. The summed E-state index contributed by atoms with van der Waals surface area (Å²) >= 11 is 5.81. The zero-order valence-corrected chi connectivity index (χ0v) is 10.1. The van der Waals surface area contributed by atoms with Crippen LogP contribution in [0.2, 0.25) is 5.02 Å². The minimum Gasteiger partial charge on any atom is -0.409 e. The fourth-order valence-electron chi connectivity index (χ4n) is 1.69. The van der Waals surface area contributed by atoms with E-state index in [1.807, 2.05) is 12.1 Å². The van der Waals surface area contributed by atoms with Gasteiger partial charge in [-0.25, -0.2) is 4.98 Å². The fraction of sp³-hybridized carbons (Fsp3) is 0.455. The van der Waals surface area contributed by atoms with Crippen LogP contribution in [0.25, 0.3) is 0 Å². The van der Waals surface area contributed by atoms with Crippen LogP contribution in [0.15, 0.2) is 23.5 Å². The van der Waals surface area contributed by atoms with Crippen molar-refractivity contribution in [2.24, 2.45) is 10.9 Å². The molecular weight excluding hydrogens is 240 g/mol. The number of nitrogens with zero attached hydrogens (tertiary/aromatic N) is 3. The molecule has 0 spiro atoms. The van der Waals surface area contributed by atoms with Crippen molar-refractivity contribution in [3.05, 3.63) is 23.4 Å². The third-order valence-electron chi connectivity index (χ3n) is 2.73. The lowest BCUT2D eigenvalue weighted by Gasteiger charge is -2.23. The first kappa shape index (κ1) is 12.0. The molecule has 92 valence electrons. The molecule has 0 aromatic carbocycles. The van der Waals surface area contributed by atoms with Gasteiger partial charge in [0.2, 0.25) is 0 Å². The Balaban J connectivity index is 2.04. The van der Waals surface area contributed by atoms with E-state index in [4.69, 9.17) is 22.5 Å². The van der Waals surface area contributed by atoms with Crippen molar-refractivity contribution in [3.63, 3.8) is 0 Å².